The molecule has 0 atom stereocenters. The van der Waals surface area contributed by atoms with Crippen molar-refractivity contribution in [3.05, 3.63) is 29.6 Å². The predicted octanol–water partition coefficient (Wildman–Crippen LogP) is 3.03. The Hall–Kier alpha value is -1.03. The summed E-state index contributed by atoms with van der Waals surface area (Å²) < 4.78 is 13.0. The Morgan fingerprint density at radius 1 is 1.53 bits per heavy atom. The van der Waals surface area contributed by atoms with Crippen LogP contribution in [0.15, 0.2) is 23.1 Å². The van der Waals surface area contributed by atoms with E-state index in [1.54, 1.807) is 17.8 Å². The lowest BCUT2D eigenvalue weighted by Crippen LogP contribution is -2.00. The third-order valence-electron chi connectivity index (χ3n) is 2.35. The third-order valence-corrected chi connectivity index (χ3v) is 3.58. The summed E-state index contributed by atoms with van der Waals surface area (Å²) in [5.41, 5.74) is -0.240. The summed E-state index contributed by atoms with van der Waals surface area (Å²) in [5.74, 6) is -0.0991. The Kier molecular flexibility index (Phi) is 2.95. The van der Waals surface area contributed by atoms with Gasteiger partial charge in [0.2, 0.25) is 0 Å². The highest BCUT2D eigenvalue weighted by Crippen LogP contribution is 2.35. The van der Waals surface area contributed by atoms with Gasteiger partial charge in [-0.1, -0.05) is 0 Å². The van der Waals surface area contributed by atoms with Gasteiger partial charge in [0, 0.05) is 10.6 Å². The highest BCUT2D eigenvalue weighted by Gasteiger charge is 2.21. The molecule has 0 bridgehead atoms. The average Bonchev–Trinajstić information content (AvgIpc) is 3.00. The number of halogens is 1. The minimum Gasteiger partial charge on any atom is -0.478 e. The number of thioether (sulfide) groups is 1. The smallest absolute Gasteiger partial charge is 0.338 e. The van der Waals surface area contributed by atoms with E-state index in [9.17, 15) is 9.18 Å². The fourth-order valence-electron chi connectivity index (χ4n) is 1.26. The molecule has 0 amide bonds. The minimum atomic E-state index is -1.21. The molecule has 1 N–H and O–H groups in total. The molecule has 1 fully saturated rings. The quantitative estimate of drug-likeness (QED) is 0.802. The topological polar surface area (TPSA) is 37.3 Å². The predicted molar refractivity (Wildman–Crippen MR) is 56.8 cm³/mol. The zero-order chi connectivity index (χ0) is 10.8. The van der Waals surface area contributed by atoms with Gasteiger partial charge in [0.15, 0.2) is 0 Å². The molecule has 1 aliphatic carbocycles. The van der Waals surface area contributed by atoms with Crippen molar-refractivity contribution in [2.24, 2.45) is 5.92 Å². The van der Waals surface area contributed by atoms with E-state index in [0.717, 1.165) is 16.6 Å². The van der Waals surface area contributed by atoms with Gasteiger partial charge in [-0.3, -0.25) is 0 Å². The van der Waals surface area contributed by atoms with Crippen molar-refractivity contribution in [2.75, 3.05) is 5.75 Å². The van der Waals surface area contributed by atoms with Gasteiger partial charge in [-0.25, -0.2) is 9.18 Å². The molecule has 15 heavy (non-hydrogen) atoms. The molecule has 0 aromatic heterocycles. The number of carboxylic acids is 1. The number of carboxylic acid groups (broad SMARTS) is 1. The molecule has 0 unspecified atom stereocenters. The first-order chi connectivity index (χ1) is 7.16. The average molecular weight is 226 g/mol. The summed E-state index contributed by atoms with van der Waals surface area (Å²) in [5, 5.41) is 8.73. The van der Waals surface area contributed by atoms with Crippen molar-refractivity contribution in [2.45, 2.75) is 17.7 Å². The number of benzene rings is 1. The lowest BCUT2D eigenvalue weighted by Gasteiger charge is -2.02. The van der Waals surface area contributed by atoms with Crippen LogP contribution in [0.2, 0.25) is 0 Å². The Morgan fingerprint density at radius 2 is 2.27 bits per heavy atom. The number of hydrogen-bond donors (Lipinski definition) is 1. The lowest BCUT2D eigenvalue weighted by atomic mass is 10.2. The van der Waals surface area contributed by atoms with Crippen LogP contribution in [0.25, 0.3) is 0 Å². The van der Waals surface area contributed by atoms with E-state index in [1.165, 1.54) is 25.0 Å². The Labute approximate surface area is 91.5 Å². The molecule has 2 nitrogen and oxygen atoms in total. The van der Waals surface area contributed by atoms with Crippen LogP contribution in [-0.2, 0) is 0 Å². The van der Waals surface area contributed by atoms with Crippen molar-refractivity contribution in [3.63, 3.8) is 0 Å². The second kappa shape index (κ2) is 4.23. The molecule has 1 saturated carbocycles. The molecule has 0 heterocycles. The molecule has 1 aromatic carbocycles. The molecule has 80 valence electrons. The fourth-order valence-corrected chi connectivity index (χ4v) is 2.38. The normalized spacial score (nSPS) is 15.3. The van der Waals surface area contributed by atoms with E-state index < -0.39 is 11.8 Å². The molecule has 1 aromatic rings. The van der Waals surface area contributed by atoms with Gasteiger partial charge in [0.05, 0.1) is 5.56 Å². The van der Waals surface area contributed by atoms with Gasteiger partial charge >= 0.3 is 5.97 Å². The third kappa shape index (κ3) is 2.72. The first-order valence-corrected chi connectivity index (χ1v) is 5.81. The molecule has 4 heteroatoms. The van der Waals surface area contributed by atoms with Crippen molar-refractivity contribution >= 4 is 17.7 Å². The summed E-state index contributed by atoms with van der Waals surface area (Å²) in [6.45, 7) is 0. The number of rotatable bonds is 4. The largest absolute Gasteiger partial charge is 0.478 e. The zero-order valence-electron chi connectivity index (χ0n) is 8.07. The summed E-state index contributed by atoms with van der Waals surface area (Å²) in [6.07, 6.45) is 2.53. The molecule has 0 spiro atoms. The monoisotopic (exact) mass is 226 g/mol. The van der Waals surface area contributed by atoms with Crippen LogP contribution >= 0.6 is 11.8 Å². The van der Waals surface area contributed by atoms with E-state index in [1.807, 2.05) is 0 Å². The van der Waals surface area contributed by atoms with Crippen LogP contribution in [-0.4, -0.2) is 16.8 Å². The second-order valence-electron chi connectivity index (χ2n) is 3.70. The van der Waals surface area contributed by atoms with Crippen molar-refractivity contribution < 1.29 is 14.3 Å². The van der Waals surface area contributed by atoms with Crippen LogP contribution < -0.4 is 0 Å². The van der Waals surface area contributed by atoms with E-state index >= 15 is 0 Å². The van der Waals surface area contributed by atoms with E-state index in [0.29, 0.717) is 0 Å². The highest BCUT2D eigenvalue weighted by molar-refractivity contribution is 7.99. The van der Waals surface area contributed by atoms with Crippen LogP contribution in [0.1, 0.15) is 23.2 Å². The first kappa shape index (κ1) is 10.5. The van der Waals surface area contributed by atoms with Gasteiger partial charge in [0.25, 0.3) is 0 Å². The van der Waals surface area contributed by atoms with Crippen molar-refractivity contribution in [1.29, 1.82) is 0 Å². The van der Waals surface area contributed by atoms with Crippen LogP contribution in [0.5, 0.6) is 0 Å². The Morgan fingerprint density at radius 3 is 2.87 bits per heavy atom. The molecule has 0 radical (unpaired) electrons. The number of carbonyl (C=O) groups is 1. The Balaban J connectivity index is 2.10. The first-order valence-electron chi connectivity index (χ1n) is 4.82. The molecular weight excluding hydrogens is 215 g/mol. The summed E-state index contributed by atoms with van der Waals surface area (Å²) in [6, 6.07) is 4.26. The molecule has 0 saturated heterocycles. The van der Waals surface area contributed by atoms with Gasteiger partial charge in [0.1, 0.15) is 5.82 Å². The molecule has 1 aliphatic rings. The summed E-state index contributed by atoms with van der Waals surface area (Å²) >= 11 is 1.60. The van der Waals surface area contributed by atoms with Gasteiger partial charge < -0.3 is 5.11 Å². The summed E-state index contributed by atoms with van der Waals surface area (Å²) in [4.78, 5) is 11.5. The standard InChI is InChI=1S/C11H11FO2S/c12-10-4-3-8(5-9(10)11(13)14)15-6-7-1-2-7/h3-5,7H,1-2,6H2,(H,13,14). The molecule has 2 rings (SSSR count). The highest BCUT2D eigenvalue weighted by atomic mass is 32.2. The molecular formula is C11H11FO2S. The van der Waals surface area contributed by atoms with Gasteiger partial charge in [-0.2, -0.15) is 0 Å². The molecule has 0 aliphatic heterocycles. The maximum atomic E-state index is 13.0. The Bertz CT molecular complexity index is 388. The van der Waals surface area contributed by atoms with E-state index in [-0.39, 0.29) is 5.56 Å². The maximum absolute atomic E-state index is 13.0. The SMILES string of the molecule is O=C(O)c1cc(SCC2CC2)ccc1F. The minimum absolute atomic E-state index is 0.240. The van der Waals surface area contributed by atoms with E-state index in [2.05, 4.69) is 0 Å². The number of hydrogen-bond acceptors (Lipinski definition) is 2. The van der Waals surface area contributed by atoms with Crippen LogP contribution in [0.3, 0.4) is 0 Å². The van der Waals surface area contributed by atoms with Crippen molar-refractivity contribution in [1.82, 2.24) is 0 Å². The van der Waals surface area contributed by atoms with Crippen LogP contribution in [0.4, 0.5) is 4.39 Å². The maximum Gasteiger partial charge on any atom is 0.338 e. The number of aromatic carboxylic acids is 1. The summed E-state index contributed by atoms with van der Waals surface area (Å²) in [7, 11) is 0. The lowest BCUT2D eigenvalue weighted by molar-refractivity contribution is 0.0691. The van der Waals surface area contributed by atoms with Crippen LogP contribution in [0, 0.1) is 11.7 Å². The van der Waals surface area contributed by atoms with E-state index in [4.69, 9.17) is 5.11 Å². The zero-order valence-corrected chi connectivity index (χ0v) is 8.89. The fraction of sp³-hybridized carbons (Fsp3) is 0.364. The van der Waals surface area contributed by atoms with Gasteiger partial charge in [-0.05, 0) is 37.0 Å². The van der Waals surface area contributed by atoms with Gasteiger partial charge in [-0.15, -0.1) is 11.8 Å². The second-order valence-corrected chi connectivity index (χ2v) is 4.79. The van der Waals surface area contributed by atoms with Crippen molar-refractivity contribution in [3.8, 4) is 0 Å².